The number of amidine groups is 2. The predicted octanol–water partition coefficient (Wildman–Crippen LogP) is 5.28. The Morgan fingerprint density at radius 2 is 1.83 bits per heavy atom. The number of thioether (sulfide) groups is 1. The van der Waals surface area contributed by atoms with Gasteiger partial charge in [-0.05, 0) is 47.2 Å². The maximum Gasteiger partial charge on any atom is 0.283 e. The fraction of sp³-hybridized carbons (Fsp3) is 0.111. The van der Waals surface area contributed by atoms with Crippen molar-refractivity contribution in [3.63, 3.8) is 0 Å². The number of carbonyl (C=O) groups excluding carboxylic acids is 1. The minimum Gasteiger partial charge on any atom is -0.493 e. The minimum absolute atomic E-state index is 0.0417. The highest BCUT2D eigenvalue weighted by Crippen LogP contribution is 2.32. The number of ether oxygens (including phenoxy) is 2. The van der Waals surface area contributed by atoms with Crippen LogP contribution < -0.4 is 9.47 Å². The standard InChI is InChI=1S/C27H21FN4O3S/c1-34-23-14-18(11-12-22(23)35-16-19-9-5-6-10-21(19)28)13-20-25(29)32-27(30-26(20)33)36-24(31-32)15-17-7-3-2-4-8-17/h2-14,29H,15-16H2,1H3. The zero-order valence-electron chi connectivity index (χ0n) is 19.3. The molecule has 1 N–H and O–H groups in total. The lowest BCUT2D eigenvalue weighted by Crippen LogP contribution is -2.35. The summed E-state index contributed by atoms with van der Waals surface area (Å²) in [5.74, 6) is -0.0474. The van der Waals surface area contributed by atoms with Crippen molar-refractivity contribution < 1.29 is 18.7 Å². The van der Waals surface area contributed by atoms with Gasteiger partial charge in [-0.15, -0.1) is 0 Å². The predicted molar refractivity (Wildman–Crippen MR) is 139 cm³/mol. The second kappa shape index (κ2) is 10.2. The van der Waals surface area contributed by atoms with E-state index in [-0.39, 0.29) is 23.8 Å². The molecule has 0 spiro atoms. The van der Waals surface area contributed by atoms with Gasteiger partial charge in [0.15, 0.2) is 17.3 Å². The van der Waals surface area contributed by atoms with E-state index in [4.69, 9.17) is 14.9 Å². The topological polar surface area (TPSA) is 87.3 Å². The highest BCUT2D eigenvalue weighted by molar-refractivity contribution is 8.26. The molecule has 180 valence electrons. The van der Waals surface area contributed by atoms with Crippen molar-refractivity contribution in [2.75, 3.05) is 7.11 Å². The summed E-state index contributed by atoms with van der Waals surface area (Å²) in [6.07, 6.45) is 2.16. The van der Waals surface area contributed by atoms with E-state index in [2.05, 4.69) is 10.1 Å². The number of hydrazone groups is 1. The molecular weight excluding hydrogens is 479 g/mol. The summed E-state index contributed by atoms with van der Waals surface area (Å²) in [6.45, 7) is 0.0417. The maximum atomic E-state index is 13.9. The molecule has 36 heavy (non-hydrogen) atoms. The quantitative estimate of drug-likeness (QED) is 0.447. The number of benzene rings is 3. The van der Waals surface area contributed by atoms with Gasteiger partial charge >= 0.3 is 0 Å². The Balaban J connectivity index is 1.35. The number of aliphatic imine (C=N–C) groups is 1. The zero-order valence-corrected chi connectivity index (χ0v) is 20.1. The SMILES string of the molecule is COc1cc(C=C2C(=N)N3N=C(Cc4ccccc4)SC3=NC2=O)ccc1OCc1ccccc1F. The first-order chi connectivity index (χ1) is 17.5. The first-order valence-electron chi connectivity index (χ1n) is 11.1. The Bertz CT molecular complexity index is 1440. The number of amides is 1. The van der Waals surface area contributed by atoms with Crippen LogP contribution in [-0.4, -0.2) is 34.1 Å². The highest BCUT2D eigenvalue weighted by Gasteiger charge is 2.35. The summed E-state index contributed by atoms with van der Waals surface area (Å²) in [5.41, 5.74) is 2.25. The fourth-order valence-electron chi connectivity index (χ4n) is 3.70. The molecule has 0 fully saturated rings. The van der Waals surface area contributed by atoms with Crippen molar-refractivity contribution in [2.24, 2.45) is 10.1 Å². The molecule has 0 unspecified atom stereocenters. The lowest BCUT2D eigenvalue weighted by Gasteiger charge is -2.20. The van der Waals surface area contributed by atoms with Crippen LogP contribution in [0.3, 0.4) is 0 Å². The molecule has 0 bridgehead atoms. The molecule has 1 amide bonds. The lowest BCUT2D eigenvalue weighted by atomic mass is 10.1. The first kappa shape index (κ1) is 23.5. The van der Waals surface area contributed by atoms with Crippen LogP contribution in [0.4, 0.5) is 4.39 Å². The van der Waals surface area contributed by atoms with Gasteiger partial charge < -0.3 is 9.47 Å². The van der Waals surface area contributed by atoms with E-state index in [0.717, 1.165) is 10.6 Å². The average Bonchev–Trinajstić information content (AvgIpc) is 3.29. The molecule has 0 radical (unpaired) electrons. The summed E-state index contributed by atoms with van der Waals surface area (Å²) >= 11 is 1.29. The Morgan fingerprint density at radius 1 is 1.06 bits per heavy atom. The number of halogens is 1. The Kier molecular flexibility index (Phi) is 6.64. The maximum absolute atomic E-state index is 13.9. The summed E-state index contributed by atoms with van der Waals surface area (Å²) < 4.78 is 25.1. The smallest absolute Gasteiger partial charge is 0.283 e. The Hall–Kier alpha value is -4.24. The number of hydrogen-bond acceptors (Lipinski definition) is 6. The van der Waals surface area contributed by atoms with Gasteiger partial charge in [0.1, 0.15) is 17.5 Å². The molecule has 5 rings (SSSR count). The van der Waals surface area contributed by atoms with Gasteiger partial charge in [0, 0.05) is 12.0 Å². The van der Waals surface area contributed by atoms with E-state index in [9.17, 15) is 9.18 Å². The number of methoxy groups -OCH3 is 1. The molecule has 0 aliphatic carbocycles. The Morgan fingerprint density at radius 3 is 2.61 bits per heavy atom. The van der Waals surface area contributed by atoms with Gasteiger partial charge in [0.05, 0.1) is 12.7 Å². The van der Waals surface area contributed by atoms with Gasteiger partial charge in [-0.2, -0.15) is 15.1 Å². The fourth-order valence-corrected chi connectivity index (χ4v) is 4.62. The minimum atomic E-state index is -0.506. The second-order valence-corrected chi connectivity index (χ2v) is 9.01. The van der Waals surface area contributed by atoms with Gasteiger partial charge in [-0.1, -0.05) is 54.6 Å². The lowest BCUT2D eigenvalue weighted by molar-refractivity contribution is -0.114. The van der Waals surface area contributed by atoms with Crippen molar-refractivity contribution >= 4 is 39.8 Å². The number of fused-ring (bicyclic) bond motifs is 1. The van der Waals surface area contributed by atoms with Crippen molar-refractivity contribution in [2.45, 2.75) is 13.0 Å². The van der Waals surface area contributed by atoms with Crippen LogP contribution in [0, 0.1) is 11.2 Å². The van der Waals surface area contributed by atoms with Gasteiger partial charge in [0.25, 0.3) is 5.91 Å². The van der Waals surface area contributed by atoms with Crippen LogP contribution in [0.2, 0.25) is 0 Å². The van der Waals surface area contributed by atoms with E-state index in [0.29, 0.717) is 34.2 Å². The van der Waals surface area contributed by atoms with Crippen molar-refractivity contribution in [3.8, 4) is 11.5 Å². The molecule has 2 aliphatic rings. The van der Waals surface area contributed by atoms with Crippen LogP contribution in [0.25, 0.3) is 6.08 Å². The van der Waals surface area contributed by atoms with Crippen LogP contribution in [0.5, 0.6) is 11.5 Å². The summed E-state index contributed by atoms with van der Waals surface area (Å²) in [4.78, 5) is 16.9. The monoisotopic (exact) mass is 500 g/mol. The number of carbonyl (C=O) groups is 1. The summed E-state index contributed by atoms with van der Waals surface area (Å²) in [6, 6.07) is 21.4. The third-order valence-corrected chi connectivity index (χ3v) is 6.44. The molecule has 0 saturated heterocycles. The molecule has 7 nitrogen and oxygen atoms in total. The molecule has 3 aromatic carbocycles. The van der Waals surface area contributed by atoms with Crippen LogP contribution in [0.15, 0.2) is 88.5 Å². The van der Waals surface area contributed by atoms with Crippen molar-refractivity contribution in [1.82, 2.24) is 5.01 Å². The van der Waals surface area contributed by atoms with Gasteiger partial charge in [-0.3, -0.25) is 10.2 Å². The third kappa shape index (κ3) is 4.92. The number of rotatable bonds is 7. The highest BCUT2D eigenvalue weighted by atomic mass is 32.2. The van der Waals surface area contributed by atoms with E-state index < -0.39 is 5.91 Å². The molecule has 2 heterocycles. The number of nitrogens with zero attached hydrogens (tertiary/aromatic N) is 3. The van der Waals surface area contributed by atoms with E-state index in [1.54, 1.807) is 42.5 Å². The Labute approximate surface area is 211 Å². The van der Waals surface area contributed by atoms with Crippen LogP contribution >= 0.6 is 11.8 Å². The van der Waals surface area contributed by atoms with E-state index >= 15 is 0 Å². The first-order valence-corrected chi connectivity index (χ1v) is 11.9. The van der Waals surface area contributed by atoms with E-state index in [1.165, 1.54) is 29.9 Å². The molecule has 0 atom stereocenters. The number of nitrogens with one attached hydrogen (secondary N) is 1. The zero-order chi connectivity index (χ0) is 25.1. The third-order valence-electron chi connectivity index (χ3n) is 5.53. The average molecular weight is 501 g/mol. The number of hydrogen-bond donors (Lipinski definition) is 1. The molecule has 0 saturated carbocycles. The molecule has 0 aromatic heterocycles. The van der Waals surface area contributed by atoms with Gasteiger partial charge in [-0.25, -0.2) is 4.39 Å². The largest absolute Gasteiger partial charge is 0.493 e. The molecule has 2 aliphatic heterocycles. The summed E-state index contributed by atoms with van der Waals surface area (Å²) in [5, 5.41) is 15.6. The molecule has 9 heteroatoms. The van der Waals surface area contributed by atoms with Crippen molar-refractivity contribution in [3.05, 3.63) is 101 Å². The van der Waals surface area contributed by atoms with Crippen molar-refractivity contribution in [1.29, 1.82) is 5.41 Å². The second-order valence-electron chi connectivity index (χ2n) is 7.97. The van der Waals surface area contributed by atoms with Crippen LogP contribution in [0.1, 0.15) is 16.7 Å². The van der Waals surface area contributed by atoms with Crippen LogP contribution in [-0.2, 0) is 17.8 Å². The van der Waals surface area contributed by atoms with E-state index in [1.807, 2.05) is 30.3 Å². The molecule has 3 aromatic rings. The normalized spacial score (nSPS) is 16.1. The van der Waals surface area contributed by atoms with Gasteiger partial charge in [0.2, 0.25) is 5.17 Å². The molecular formula is C27H21FN4O3S. The summed E-state index contributed by atoms with van der Waals surface area (Å²) in [7, 11) is 1.50.